The average molecular weight is 427 g/mol. The lowest BCUT2D eigenvalue weighted by Gasteiger charge is -2.18. The maximum atomic E-state index is 12.5. The quantitative estimate of drug-likeness (QED) is 0.537. The van der Waals surface area contributed by atoms with Gasteiger partial charge in [0.1, 0.15) is 29.6 Å². The van der Waals surface area contributed by atoms with Gasteiger partial charge in [0, 0.05) is 23.3 Å². The van der Waals surface area contributed by atoms with Gasteiger partial charge in [0.15, 0.2) is 11.5 Å². The number of hydrogen-bond donors (Lipinski definition) is 1. The molecule has 0 bridgehead atoms. The molecule has 0 aliphatic carbocycles. The standard InChI is InChI=1S/C20H15ClN4O3S/c21-13-2-4-18-23-14(10-25(18)9-13)8-22-19(26)15-11-29-20(24-15)12-1-3-16-17(7-12)28-6-5-27-16/h1-4,7,9-11H,5-6,8H2,(H,22,26). The highest BCUT2D eigenvalue weighted by Gasteiger charge is 2.16. The summed E-state index contributed by atoms with van der Waals surface area (Å²) in [7, 11) is 0. The number of rotatable bonds is 4. The third-order valence-corrected chi connectivity index (χ3v) is 5.54. The first kappa shape index (κ1) is 18.0. The Morgan fingerprint density at radius 2 is 2.00 bits per heavy atom. The zero-order chi connectivity index (χ0) is 19.8. The summed E-state index contributed by atoms with van der Waals surface area (Å²) in [6.07, 6.45) is 3.61. The van der Waals surface area contributed by atoms with Crippen LogP contribution in [0.25, 0.3) is 16.2 Å². The van der Waals surface area contributed by atoms with Crippen LogP contribution in [-0.2, 0) is 6.54 Å². The van der Waals surface area contributed by atoms with Crippen molar-refractivity contribution in [3.8, 4) is 22.1 Å². The molecule has 0 spiro atoms. The molecule has 0 fully saturated rings. The van der Waals surface area contributed by atoms with Crippen molar-refractivity contribution in [3.63, 3.8) is 0 Å². The summed E-state index contributed by atoms with van der Waals surface area (Å²) in [6.45, 7) is 1.37. The second-order valence-electron chi connectivity index (χ2n) is 6.42. The molecule has 1 aliphatic rings. The van der Waals surface area contributed by atoms with Crippen molar-refractivity contribution < 1.29 is 14.3 Å². The lowest BCUT2D eigenvalue weighted by molar-refractivity contribution is 0.0946. The summed E-state index contributed by atoms with van der Waals surface area (Å²) in [5, 5.41) is 5.97. The van der Waals surface area contributed by atoms with Gasteiger partial charge in [-0.15, -0.1) is 11.3 Å². The molecule has 0 saturated heterocycles. The molecule has 4 aromatic rings. The zero-order valence-corrected chi connectivity index (χ0v) is 16.7. The molecule has 3 aromatic heterocycles. The van der Waals surface area contributed by atoms with Crippen molar-refractivity contribution in [1.29, 1.82) is 0 Å². The van der Waals surface area contributed by atoms with E-state index in [0.717, 1.165) is 27.7 Å². The Morgan fingerprint density at radius 1 is 1.14 bits per heavy atom. The van der Waals surface area contributed by atoms with E-state index in [1.165, 1.54) is 11.3 Å². The third-order valence-electron chi connectivity index (χ3n) is 4.42. The van der Waals surface area contributed by atoms with Crippen molar-refractivity contribution in [3.05, 3.63) is 64.5 Å². The Balaban J connectivity index is 1.29. The highest BCUT2D eigenvalue weighted by atomic mass is 35.5. The molecule has 0 atom stereocenters. The maximum absolute atomic E-state index is 12.5. The van der Waals surface area contributed by atoms with Gasteiger partial charge in [-0.1, -0.05) is 11.6 Å². The first-order chi connectivity index (χ1) is 14.2. The zero-order valence-electron chi connectivity index (χ0n) is 15.1. The molecule has 1 aromatic carbocycles. The lowest BCUT2D eigenvalue weighted by Crippen LogP contribution is -2.23. The fourth-order valence-corrected chi connectivity index (χ4v) is 4.02. The first-order valence-corrected chi connectivity index (χ1v) is 10.2. The summed E-state index contributed by atoms with van der Waals surface area (Å²) in [6, 6.07) is 9.27. The number of imidazole rings is 1. The molecule has 146 valence electrons. The average Bonchev–Trinajstić information content (AvgIpc) is 3.38. The summed E-state index contributed by atoms with van der Waals surface area (Å²) in [5.74, 6) is 1.17. The fourth-order valence-electron chi connectivity index (χ4n) is 3.05. The number of nitrogens with zero attached hydrogens (tertiary/aromatic N) is 3. The maximum Gasteiger partial charge on any atom is 0.271 e. The van der Waals surface area contributed by atoms with Crippen molar-refractivity contribution in [2.75, 3.05) is 13.2 Å². The largest absolute Gasteiger partial charge is 0.486 e. The van der Waals surface area contributed by atoms with E-state index in [1.54, 1.807) is 17.6 Å². The first-order valence-electron chi connectivity index (χ1n) is 8.92. The van der Waals surface area contributed by atoms with E-state index in [2.05, 4.69) is 15.3 Å². The van der Waals surface area contributed by atoms with Crippen LogP contribution in [-0.4, -0.2) is 33.5 Å². The molecule has 0 saturated carbocycles. The predicted octanol–water partition coefficient (Wildman–Crippen LogP) is 3.81. The van der Waals surface area contributed by atoms with Crippen LogP contribution in [0.1, 0.15) is 16.2 Å². The van der Waals surface area contributed by atoms with E-state index in [0.29, 0.717) is 36.2 Å². The molecule has 7 nitrogen and oxygen atoms in total. The van der Waals surface area contributed by atoms with Crippen LogP contribution in [0, 0.1) is 0 Å². The van der Waals surface area contributed by atoms with Gasteiger partial charge < -0.3 is 19.2 Å². The smallest absolute Gasteiger partial charge is 0.271 e. The number of nitrogens with one attached hydrogen (secondary N) is 1. The van der Waals surface area contributed by atoms with Crippen molar-refractivity contribution in [1.82, 2.24) is 19.7 Å². The number of carbonyl (C=O) groups excluding carboxylic acids is 1. The van der Waals surface area contributed by atoms with Crippen LogP contribution in [0.4, 0.5) is 0 Å². The molecule has 29 heavy (non-hydrogen) atoms. The number of pyridine rings is 1. The van der Waals surface area contributed by atoms with Crippen LogP contribution < -0.4 is 14.8 Å². The van der Waals surface area contributed by atoms with Gasteiger partial charge >= 0.3 is 0 Å². The van der Waals surface area contributed by atoms with Crippen LogP contribution in [0.3, 0.4) is 0 Å². The molecule has 1 N–H and O–H groups in total. The van der Waals surface area contributed by atoms with Crippen molar-refractivity contribution in [2.24, 2.45) is 0 Å². The minimum absolute atomic E-state index is 0.250. The van der Waals surface area contributed by atoms with Gasteiger partial charge in [-0.3, -0.25) is 4.79 Å². The van der Waals surface area contributed by atoms with E-state index in [4.69, 9.17) is 21.1 Å². The fraction of sp³-hybridized carbons (Fsp3) is 0.150. The van der Waals surface area contributed by atoms with E-state index in [9.17, 15) is 4.79 Å². The molecular formula is C20H15ClN4O3S. The van der Waals surface area contributed by atoms with Gasteiger partial charge in [0.05, 0.1) is 17.3 Å². The molecular weight excluding hydrogens is 412 g/mol. The summed E-state index contributed by atoms with van der Waals surface area (Å²) >= 11 is 7.39. The van der Waals surface area contributed by atoms with Gasteiger partial charge in [-0.25, -0.2) is 9.97 Å². The summed E-state index contributed by atoms with van der Waals surface area (Å²) in [4.78, 5) is 21.4. The number of carbonyl (C=O) groups is 1. The number of halogens is 1. The number of benzene rings is 1. The van der Waals surface area contributed by atoms with E-state index in [-0.39, 0.29) is 5.91 Å². The molecule has 1 aliphatic heterocycles. The number of aromatic nitrogens is 3. The Morgan fingerprint density at radius 3 is 2.90 bits per heavy atom. The van der Waals surface area contributed by atoms with Crippen molar-refractivity contribution in [2.45, 2.75) is 6.54 Å². The minimum atomic E-state index is -0.250. The summed E-state index contributed by atoms with van der Waals surface area (Å²) in [5.41, 5.74) is 2.76. The topological polar surface area (TPSA) is 77.8 Å². The van der Waals surface area contributed by atoms with Crippen molar-refractivity contribution >= 4 is 34.5 Å². The Kier molecular flexibility index (Phi) is 4.57. The monoisotopic (exact) mass is 426 g/mol. The van der Waals surface area contributed by atoms with Gasteiger partial charge in [-0.05, 0) is 30.3 Å². The molecule has 0 radical (unpaired) electrons. The van der Waals surface area contributed by atoms with Crippen LogP contribution >= 0.6 is 22.9 Å². The van der Waals surface area contributed by atoms with Gasteiger partial charge in [-0.2, -0.15) is 0 Å². The lowest BCUT2D eigenvalue weighted by atomic mass is 10.2. The highest BCUT2D eigenvalue weighted by Crippen LogP contribution is 2.35. The van der Waals surface area contributed by atoms with E-state index in [1.807, 2.05) is 34.9 Å². The molecule has 9 heteroatoms. The van der Waals surface area contributed by atoms with Gasteiger partial charge in [0.2, 0.25) is 0 Å². The van der Waals surface area contributed by atoms with Crippen LogP contribution in [0.2, 0.25) is 5.02 Å². The van der Waals surface area contributed by atoms with Crippen LogP contribution in [0.15, 0.2) is 48.1 Å². The molecule has 0 unspecified atom stereocenters. The second kappa shape index (κ2) is 7.38. The molecule has 4 heterocycles. The molecule has 1 amide bonds. The third kappa shape index (κ3) is 3.64. The van der Waals surface area contributed by atoms with E-state index >= 15 is 0 Å². The number of amides is 1. The van der Waals surface area contributed by atoms with E-state index < -0.39 is 0 Å². The number of ether oxygens (including phenoxy) is 2. The molecule has 5 rings (SSSR count). The number of thiazole rings is 1. The Labute approximate surface area is 174 Å². The minimum Gasteiger partial charge on any atom is -0.486 e. The number of hydrogen-bond acceptors (Lipinski definition) is 6. The normalized spacial score (nSPS) is 12.9. The SMILES string of the molecule is O=C(NCc1cn2cc(Cl)ccc2n1)c1csc(-c2ccc3c(c2)OCCO3)n1. The van der Waals surface area contributed by atoms with Crippen LogP contribution in [0.5, 0.6) is 11.5 Å². The summed E-state index contributed by atoms with van der Waals surface area (Å²) < 4.78 is 13.0. The Bertz CT molecular complexity index is 1220. The van der Waals surface area contributed by atoms with Gasteiger partial charge in [0.25, 0.3) is 5.91 Å². The number of fused-ring (bicyclic) bond motifs is 2. The second-order valence-corrected chi connectivity index (χ2v) is 7.72. The highest BCUT2D eigenvalue weighted by molar-refractivity contribution is 7.13. The predicted molar refractivity (Wildman–Crippen MR) is 110 cm³/mol. The Hall–Kier alpha value is -3.10.